The Hall–Kier alpha value is -3.20. The Morgan fingerprint density at radius 2 is 1.57 bits per heavy atom. The highest BCUT2D eigenvalue weighted by molar-refractivity contribution is 7.89. The van der Waals surface area contributed by atoms with Crippen LogP contribution < -0.4 is 5.32 Å². The van der Waals surface area contributed by atoms with Crippen LogP contribution in [0.15, 0.2) is 71.6 Å². The van der Waals surface area contributed by atoms with Crippen LogP contribution in [-0.4, -0.2) is 54.3 Å². The number of fused-ring (bicyclic) bond motifs is 3. The smallest absolute Gasteiger partial charge is 0.243 e. The summed E-state index contributed by atoms with van der Waals surface area (Å²) in [6, 6.07) is 21.5. The first kappa shape index (κ1) is 23.5. The molecule has 1 aromatic heterocycles. The molecule has 0 bridgehead atoms. The first-order valence-corrected chi connectivity index (χ1v) is 13.4. The van der Waals surface area contributed by atoms with Crippen molar-refractivity contribution in [3.8, 4) is 0 Å². The second-order valence-corrected chi connectivity index (χ2v) is 10.9. The molecule has 1 N–H and O–H groups in total. The number of carbonyl (C=O) groups is 1. The van der Waals surface area contributed by atoms with Gasteiger partial charge in [-0.25, -0.2) is 8.42 Å². The summed E-state index contributed by atoms with van der Waals surface area (Å²) >= 11 is 0. The van der Waals surface area contributed by atoms with Crippen molar-refractivity contribution in [1.82, 2.24) is 13.8 Å². The normalized spacial score (nSPS) is 15.6. The van der Waals surface area contributed by atoms with E-state index in [0.29, 0.717) is 31.9 Å². The summed E-state index contributed by atoms with van der Waals surface area (Å²) in [5.41, 5.74) is 4.32. The van der Waals surface area contributed by atoms with E-state index in [1.807, 2.05) is 0 Å². The van der Waals surface area contributed by atoms with E-state index >= 15 is 0 Å². The summed E-state index contributed by atoms with van der Waals surface area (Å²) in [6.45, 7) is 7.57. The van der Waals surface area contributed by atoms with Crippen molar-refractivity contribution >= 4 is 43.4 Å². The first-order chi connectivity index (χ1) is 16.9. The second-order valence-electron chi connectivity index (χ2n) is 9.00. The molecule has 4 aromatic rings. The lowest BCUT2D eigenvalue weighted by Crippen LogP contribution is -2.48. The van der Waals surface area contributed by atoms with Crippen LogP contribution in [0.5, 0.6) is 0 Å². The van der Waals surface area contributed by atoms with Gasteiger partial charge in [0.05, 0.1) is 4.90 Å². The molecule has 7 nitrogen and oxygen atoms in total. The quantitative estimate of drug-likeness (QED) is 0.438. The van der Waals surface area contributed by atoms with Gasteiger partial charge >= 0.3 is 0 Å². The molecule has 0 atom stereocenters. The Bertz CT molecular complexity index is 1480. The number of piperazine rings is 1. The highest BCUT2D eigenvalue weighted by Crippen LogP contribution is 2.30. The number of rotatable bonds is 6. The summed E-state index contributed by atoms with van der Waals surface area (Å²) in [7, 11) is -3.57. The predicted octanol–water partition coefficient (Wildman–Crippen LogP) is 4.28. The number of hydrogen-bond donors (Lipinski definition) is 1. The monoisotopic (exact) mass is 490 g/mol. The zero-order valence-corrected chi connectivity index (χ0v) is 20.9. The Labute approximate surface area is 206 Å². The Kier molecular flexibility index (Phi) is 6.35. The molecular weight excluding hydrogens is 460 g/mol. The SMILES string of the molecule is CCn1c2ccccc2c2cc(CN3CCN(S(=O)(=O)c4ccc(NC(C)=O)cc4)CC3)ccc21. The third kappa shape index (κ3) is 4.57. The van der Waals surface area contributed by atoms with Gasteiger partial charge in [-0.15, -0.1) is 0 Å². The Balaban J connectivity index is 1.27. The van der Waals surface area contributed by atoms with Crippen molar-refractivity contribution < 1.29 is 13.2 Å². The molecule has 1 fully saturated rings. The summed E-state index contributed by atoms with van der Waals surface area (Å²) < 4.78 is 30.1. The summed E-state index contributed by atoms with van der Waals surface area (Å²) in [6.07, 6.45) is 0. The maximum atomic E-state index is 13.1. The molecule has 1 aliphatic heterocycles. The minimum Gasteiger partial charge on any atom is -0.341 e. The summed E-state index contributed by atoms with van der Waals surface area (Å²) in [5, 5.41) is 5.20. The fourth-order valence-corrected chi connectivity index (χ4v) is 6.41. The molecule has 35 heavy (non-hydrogen) atoms. The van der Waals surface area contributed by atoms with Crippen molar-refractivity contribution in [3.63, 3.8) is 0 Å². The van der Waals surface area contributed by atoms with Gasteiger partial charge in [0, 0.05) is 73.7 Å². The summed E-state index contributed by atoms with van der Waals surface area (Å²) in [4.78, 5) is 13.8. The lowest BCUT2D eigenvalue weighted by molar-refractivity contribution is -0.114. The zero-order valence-electron chi connectivity index (χ0n) is 20.1. The van der Waals surface area contributed by atoms with Crippen LogP contribution in [0.3, 0.4) is 0 Å². The Morgan fingerprint density at radius 1 is 0.886 bits per heavy atom. The van der Waals surface area contributed by atoms with E-state index in [9.17, 15) is 13.2 Å². The number of carbonyl (C=O) groups excluding carboxylic acids is 1. The van der Waals surface area contributed by atoms with Gasteiger partial charge in [-0.05, 0) is 55.0 Å². The standard InChI is InChI=1S/C27H30N4O3S/c1-3-31-26-7-5-4-6-24(26)25-18-21(8-13-27(25)31)19-29-14-16-30(17-15-29)35(33,34)23-11-9-22(10-12-23)28-20(2)32/h4-13,18H,3,14-17,19H2,1-2H3,(H,28,32). The van der Waals surface area contributed by atoms with Gasteiger partial charge in [-0.1, -0.05) is 24.3 Å². The highest BCUT2D eigenvalue weighted by Gasteiger charge is 2.28. The van der Waals surface area contributed by atoms with Crippen LogP contribution in [0.25, 0.3) is 21.8 Å². The maximum absolute atomic E-state index is 13.1. The van der Waals surface area contributed by atoms with Crippen LogP contribution in [-0.2, 0) is 27.9 Å². The van der Waals surface area contributed by atoms with Gasteiger partial charge in [0.25, 0.3) is 0 Å². The van der Waals surface area contributed by atoms with Gasteiger partial charge in [0.15, 0.2) is 0 Å². The third-order valence-electron chi connectivity index (χ3n) is 6.70. The predicted molar refractivity (Wildman–Crippen MR) is 140 cm³/mol. The van der Waals surface area contributed by atoms with E-state index < -0.39 is 10.0 Å². The number of para-hydroxylation sites is 1. The van der Waals surface area contributed by atoms with E-state index in [4.69, 9.17) is 0 Å². The summed E-state index contributed by atoms with van der Waals surface area (Å²) in [5.74, 6) is -0.188. The average molecular weight is 491 g/mol. The van der Waals surface area contributed by atoms with Crippen LogP contribution in [0.1, 0.15) is 19.4 Å². The molecule has 0 saturated carbocycles. The number of aromatic nitrogens is 1. The molecule has 1 saturated heterocycles. The van der Waals surface area contributed by atoms with Crippen molar-refractivity contribution in [3.05, 3.63) is 72.3 Å². The van der Waals surface area contributed by atoms with Crippen molar-refractivity contribution in [1.29, 1.82) is 0 Å². The van der Waals surface area contributed by atoms with E-state index in [2.05, 4.69) is 64.2 Å². The van der Waals surface area contributed by atoms with E-state index in [-0.39, 0.29) is 10.8 Å². The Morgan fingerprint density at radius 3 is 2.26 bits per heavy atom. The number of nitrogens with zero attached hydrogens (tertiary/aromatic N) is 3. The molecule has 0 spiro atoms. The van der Waals surface area contributed by atoms with Crippen molar-refractivity contribution in [2.24, 2.45) is 0 Å². The van der Waals surface area contributed by atoms with Crippen LogP contribution in [0.4, 0.5) is 5.69 Å². The number of aryl methyl sites for hydroxylation is 1. The molecule has 3 aromatic carbocycles. The topological polar surface area (TPSA) is 74.7 Å². The maximum Gasteiger partial charge on any atom is 0.243 e. The lowest BCUT2D eigenvalue weighted by Gasteiger charge is -2.34. The van der Waals surface area contributed by atoms with E-state index in [1.54, 1.807) is 28.6 Å². The average Bonchev–Trinajstić information content (AvgIpc) is 3.17. The number of sulfonamides is 1. The van der Waals surface area contributed by atoms with Gasteiger partial charge in [-0.2, -0.15) is 4.31 Å². The van der Waals surface area contributed by atoms with E-state index in [0.717, 1.165) is 13.1 Å². The molecule has 2 heterocycles. The highest BCUT2D eigenvalue weighted by atomic mass is 32.2. The van der Waals surface area contributed by atoms with E-state index in [1.165, 1.54) is 34.3 Å². The van der Waals surface area contributed by atoms with Crippen LogP contribution in [0.2, 0.25) is 0 Å². The molecule has 0 aliphatic carbocycles. The molecule has 0 unspecified atom stereocenters. The molecule has 0 radical (unpaired) electrons. The first-order valence-electron chi connectivity index (χ1n) is 12.0. The van der Waals surface area contributed by atoms with Gasteiger partial charge < -0.3 is 9.88 Å². The van der Waals surface area contributed by atoms with Gasteiger partial charge in [0.1, 0.15) is 0 Å². The number of amides is 1. The van der Waals surface area contributed by atoms with Crippen molar-refractivity contribution in [2.75, 3.05) is 31.5 Å². The van der Waals surface area contributed by atoms with Crippen molar-refractivity contribution in [2.45, 2.75) is 31.8 Å². The minimum atomic E-state index is -3.57. The fraction of sp³-hybridized carbons (Fsp3) is 0.296. The van der Waals surface area contributed by atoms with Gasteiger partial charge in [-0.3, -0.25) is 9.69 Å². The lowest BCUT2D eigenvalue weighted by atomic mass is 10.1. The number of benzene rings is 3. The fourth-order valence-electron chi connectivity index (χ4n) is 4.99. The number of nitrogens with one attached hydrogen (secondary N) is 1. The number of hydrogen-bond acceptors (Lipinski definition) is 4. The molecule has 1 amide bonds. The number of anilines is 1. The molecule has 182 valence electrons. The molecule has 1 aliphatic rings. The second kappa shape index (κ2) is 9.45. The van der Waals surface area contributed by atoms with Gasteiger partial charge in [0.2, 0.25) is 15.9 Å². The molecule has 5 rings (SSSR count). The van der Waals surface area contributed by atoms with Crippen LogP contribution >= 0.6 is 0 Å². The van der Waals surface area contributed by atoms with Crippen LogP contribution in [0, 0.1) is 0 Å². The zero-order chi connectivity index (χ0) is 24.6. The largest absolute Gasteiger partial charge is 0.341 e. The third-order valence-corrected chi connectivity index (χ3v) is 8.62. The molecular formula is C27H30N4O3S. The minimum absolute atomic E-state index is 0.188. The molecule has 8 heteroatoms.